The third-order valence-electron chi connectivity index (χ3n) is 3.78. The predicted octanol–water partition coefficient (Wildman–Crippen LogP) is 2.70. The van der Waals surface area contributed by atoms with Crippen molar-refractivity contribution in [1.82, 2.24) is 14.5 Å². The fraction of sp³-hybridized carbons (Fsp3) is 0.250. The molecule has 0 radical (unpaired) electrons. The van der Waals surface area contributed by atoms with Gasteiger partial charge in [-0.05, 0) is 31.9 Å². The number of aromatic amines is 1. The van der Waals surface area contributed by atoms with Crippen LogP contribution in [0.4, 0.5) is 0 Å². The molecule has 2 aromatic heterocycles. The SMILES string of the molecule is Cc1nc2c(c(C)c(C)n2Cc2ccccc2)c(=O)[nH]1. The normalized spacial score (nSPS) is 11.2. The van der Waals surface area contributed by atoms with E-state index in [2.05, 4.69) is 26.7 Å². The van der Waals surface area contributed by atoms with Crippen LogP contribution < -0.4 is 5.56 Å². The molecule has 0 aliphatic heterocycles. The van der Waals surface area contributed by atoms with Crippen molar-refractivity contribution in [2.45, 2.75) is 27.3 Å². The van der Waals surface area contributed by atoms with Crippen LogP contribution in [0.5, 0.6) is 0 Å². The molecule has 3 aromatic rings. The molecular weight excluding hydrogens is 250 g/mol. The highest BCUT2D eigenvalue weighted by Gasteiger charge is 2.15. The fourth-order valence-electron chi connectivity index (χ4n) is 2.61. The Bertz CT molecular complexity index is 828. The Balaban J connectivity index is 2.25. The maximum Gasteiger partial charge on any atom is 0.260 e. The molecule has 2 heterocycles. The molecule has 0 atom stereocenters. The Kier molecular flexibility index (Phi) is 2.93. The van der Waals surface area contributed by atoms with E-state index in [0.717, 1.165) is 23.4 Å². The Morgan fingerprint density at radius 3 is 2.55 bits per heavy atom. The molecule has 0 unspecified atom stereocenters. The number of nitrogens with zero attached hydrogens (tertiary/aromatic N) is 2. The molecule has 0 amide bonds. The zero-order valence-corrected chi connectivity index (χ0v) is 11.9. The van der Waals surface area contributed by atoms with Gasteiger partial charge in [-0.1, -0.05) is 30.3 Å². The zero-order chi connectivity index (χ0) is 14.3. The van der Waals surface area contributed by atoms with Gasteiger partial charge in [0.25, 0.3) is 5.56 Å². The van der Waals surface area contributed by atoms with Crippen molar-refractivity contribution in [3.63, 3.8) is 0 Å². The van der Waals surface area contributed by atoms with Gasteiger partial charge in [0.15, 0.2) is 0 Å². The van der Waals surface area contributed by atoms with Gasteiger partial charge in [-0.3, -0.25) is 4.79 Å². The Morgan fingerprint density at radius 1 is 1.15 bits per heavy atom. The number of H-pyrrole nitrogens is 1. The van der Waals surface area contributed by atoms with Crippen molar-refractivity contribution in [1.29, 1.82) is 0 Å². The second-order valence-corrected chi connectivity index (χ2v) is 5.13. The van der Waals surface area contributed by atoms with Gasteiger partial charge in [0, 0.05) is 12.2 Å². The van der Waals surface area contributed by atoms with Gasteiger partial charge in [-0.15, -0.1) is 0 Å². The van der Waals surface area contributed by atoms with Crippen LogP contribution in [-0.4, -0.2) is 14.5 Å². The molecule has 0 fully saturated rings. The van der Waals surface area contributed by atoms with Crippen molar-refractivity contribution < 1.29 is 0 Å². The molecule has 4 heteroatoms. The number of fused-ring (bicyclic) bond motifs is 1. The molecule has 1 N–H and O–H groups in total. The standard InChI is InChI=1S/C16H17N3O/c1-10-11(2)19(9-13-7-5-4-6-8-13)15-14(10)16(20)18-12(3)17-15/h4-8H,9H2,1-3H3,(H,17,18,20). The number of hydrogen-bond donors (Lipinski definition) is 1. The van der Waals surface area contributed by atoms with Crippen molar-refractivity contribution >= 4 is 11.0 Å². The van der Waals surface area contributed by atoms with Gasteiger partial charge in [0.05, 0.1) is 5.39 Å². The van der Waals surface area contributed by atoms with Gasteiger partial charge in [0.2, 0.25) is 0 Å². The summed E-state index contributed by atoms with van der Waals surface area (Å²) in [7, 11) is 0. The van der Waals surface area contributed by atoms with Crippen LogP contribution in [0.25, 0.3) is 11.0 Å². The Labute approximate surface area is 117 Å². The summed E-state index contributed by atoms with van der Waals surface area (Å²) in [6, 6.07) is 10.2. The highest BCUT2D eigenvalue weighted by atomic mass is 16.1. The van der Waals surface area contributed by atoms with Gasteiger partial charge in [0.1, 0.15) is 11.5 Å². The van der Waals surface area contributed by atoms with Crippen LogP contribution in [0.3, 0.4) is 0 Å². The number of aryl methyl sites for hydroxylation is 2. The second kappa shape index (κ2) is 4.63. The molecule has 4 nitrogen and oxygen atoms in total. The van der Waals surface area contributed by atoms with E-state index in [-0.39, 0.29) is 5.56 Å². The summed E-state index contributed by atoms with van der Waals surface area (Å²) in [5, 5.41) is 0.698. The monoisotopic (exact) mass is 267 g/mol. The summed E-state index contributed by atoms with van der Waals surface area (Å²) >= 11 is 0. The first-order valence-corrected chi connectivity index (χ1v) is 6.68. The highest BCUT2D eigenvalue weighted by molar-refractivity contribution is 5.81. The molecule has 0 aliphatic rings. The molecule has 20 heavy (non-hydrogen) atoms. The van der Waals surface area contributed by atoms with E-state index in [1.54, 1.807) is 0 Å². The molecule has 0 bridgehead atoms. The molecule has 3 rings (SSSR count). The maximum absolute atomic E-state index is 12.1. The molecule has 0 spiro atoms. The Hall–Kier alpha value is -2.36. The van der Waals surface area contributed by atoms with Gasteiger partial charge < -0.3 is 9.55 Å². The molecule has 0 aliphatic carbocycles. The molecule has 0 saturated carbocycles. The van der Waals surface area contributed by atoms with E-state index in [0.29, 0.717) is 11.2 Å². The average Bonchev–Trinajstić information content (AvgIpc) is 2.65. The zero-order valence-electron chi connectivity index (χ0n) is 11.9. The summed E-state index contributed by atoms with van der Waals surface area (Å²) in [4.78, 5) is 19.4. The lowest BCUT2D eigenvalue weighted by Crippen LogP contribution is -2.11. The van der Waals surface area contributed by atoms with Crippen LogP contribution in [0.1, 0.15) is 22.6 Å². The van der Waals surface area contributed by atoms with Crippen LogP contribution >= 0.6 is 0 Å². The third kappa shape index (κ3) is 1.93. The first kappa shape index (κ1) is 12.7. The van der Waals surface area contributed by atoms with Crippen molar-refractivity contribution in [3.8, 4) is 0 Å². The van der Waals surface area contributed by atoms with Gasteiger partial charge in [-0.25, -0.2) is 4.98 Å². The quantitative estimate of drug-likeness (QED) is 0.776. The topological polar surface area (TPSA) is 50.7 Å². The number of nitrogens with one attached hydrogen (secondary N) is 1. The van der Waals surface area contributed by atoms with Crippen LogP contribution in [0.2, 0.25) is 0 Å². The van der Waals surface area contributed by atoms with Crippen molar-refractivity contribution in [3.05, 3.63) is 63.3 Å². The van der Waals surface area contributed by atoms with Crippen molar-refractivity contribution in [2.75, 3.05) is 0 Å². The van der Waals surface area contributed by atoms with Gasteiger partial charge >= 0.3 is 0 Å². The molecule has 102 valence electrons. The van der Waals surface area contributed by atoms with Crippen LogP contribution in [-0.2, 0) is 6.54 Å². The van der Waals surface area contributed by atoms with Crippen LogP contribution in [0, 0.1) is 20.8 Å². The summed E-state index contributed by atoms with van der Waals surface area (Å²) in [6.45, 7) is 6.55. The first-order chi connectivity index (χ1) is 9.58. The van der Waals surface area contributed by atoms with Gasteiger partial charge in [-0.2, -0.15) is 0 Å². The lowest BCUT2D eigenvalue weighted by atomic mass is 10.2. The number of hydrogen-bond acceptors (Lipinski definition) is 2. The summed E-state index contributed by atoms with van der Waals surface area (Å²) in [5.41, 5.74) is 4.01. The Morgan fingerprint density at radius 2 is 1.85 bits per heavy atom. The smallest absolute Gasteiger partial charge is 0.260 e. The average molecular weight is 267 g/mol. The molecule has 1 aromatic carbocycles. The molecular formula is C16H17N3O. The summed E-state index contributed by atoms with van der Waals surface area (Å²) in [6.07, 6.45) is 0. The van der Waals surface area contributed by atoms with Crippen molar-refractivity contribution in [2.24, 2.45) is 0 Å². The van der Waals surface area contributed by atoms with Crippen LogP contribution in [0.15, 0.2) is 35.1 Å². The van der Waals surface area contributed by atoms with E-state index in [9.17, 15) is 4.79 Å². The number of benzene rings is 1. The minimum Gasteiger partial charge on any atom is -0.325 e. The summed E-state index contributed by atoms with van der Waals surface area (Å²) in [5.74, 6) is 0.648. The first-order valence-electron chi connectivity index (χ1n) is 6.68. The lowest BCUT2D eigenvalue weighted by molar-refractivity contribution is 0.787. The predicted molar refractivity (Wildman–Crippen MR) is 80.1 cm³/mol. The largest absolute Gasteiger partial charge is 0.325 e. The minimum atomic E-state index is -0.0556. The number of aromatic nitrogens is 3. The maximum atomic E-state index is 12.1. The minimum absolute atomic E-state index is 0.0556. The fourth-order valence-corrected chi connectivity index (χ4v) is 2.61. The highest BCUT2D eigenvalue weighted by Crippen LogP contribution is 2.21. The number of rotatable bonds is 2. The summed E-state index contributed by atoms with van der Waals surface area (Å²) < 4.78 is 2.11. The van der Waals surface area contributed by atoms with E-state index < -0.39 is 0 Å². The van der Waals surface area contributed by atoms with E-state index >= 15 is 0 Å². The lowest BCUT2D eigenvalue weighted by Gasteiger charge is -2.08. The van der Waals surface area contributed by atoms with E-state index in [1.807, 2.05) is 39.0 Å². The second-order valence-electron chi connectivity index (χ2n) is 5.13. The van der Waals surface area contributed by atoms with E-state index in [1.165, 1.54) is 5.56 Å². The third-order valence-corrected chi connectivity index (χ3v) is 3.78. The van der Waals surface area contributed by atoms with E-state index in [4.69, 9.17) is 0 Å². The molecule has 0 saturated heterocycles.